The fourth-order valence-electron chi connectivity index (χ4n) is 4.90. The number of rotatable bonds is 13. The van der Waals surface area contributed by atoms with Gasteiger partial charge in [-0.1, -0.05) is 69.2 Å². The van der Waals surface area contributed by atoms with Crippen LogP contribution in [0.15, 0.2) is 0 Å². The fraction of sp³-hybridized carbons (Fsp3) is 0.933. The molecule has 2 atom stereocenters. The van der Waals surface area contributed by atoms with Gasteiger partial charge in [0.1, 0.15) is 0 Å². The van der Waals surface area contributed by atoms with E-state index in [0.29, 0.717) is 29.6 Å². The van der Waals surface area contributed by atoms with E-state index in [1.165, 1.54) is 25.7 Å². The largest absolute Gasteiger partial charge is 0.341 e. The monoisotopic (exact) mass is 476 g/mol. The summed E-state index contributed by atoms with van der Waals surface area (Å²) in [6, 6.07) is 0.263. The molecule has 0 heterocycles. The van der Waals surface area contributed by atoms with Crippen LogP contribution in [-0.4, -0.2) is 47.3 Å². The van der Waals surface area contributed by atoms with Crippen molar-refractivity contribution in [2.24, 2.45) is 39.9 Å². The van der Waals surface area contributed by atoms with E-state index in [2.05, 4.69) is 65.2 Å². The molecule has 0 aromatic heterocycles. The molecule has 198 valence electrons. The average Bonchev–Trinajstić information content (AvgIpc) is 3.63. The maximum absolute atomic E-state index is 13.9. The van der Waals surface area contributed by atoms with Crippen molar-refractivity contribution >= 4 is 11.8 Å². The van der Waals surface area contributed by atoms with Crippen LogP contribution in [0.25, 0.3) is 0 Å². The van der Waals surface area contributed by atoms with Gasteiger partial charge in [-0.25, -0.2) is 0 Å². The molecule has 2 saturated carbocycles. The van der Waals surface area contributed by atoms with Crippen molar-refractivity contribution in [2.75, 3.05) is 19.6 Å². The molecule has 0 saturated heterocycles. The van der Waals surface area contributed by atoms with Crippen LogP contribution in [0.3, 0.4) is 0 Å². The van der Waals surface area contributed by atoms with Gasteiger partial charge in [0.2, 0.25) is 11.8 Å². The van der Waals surface area contributed by atoms with Crippen molar-refractivity contribution in [3.63, 3.8) is 0 Å². The normalized spacial score (nSPS) is 19.2. The summed E-state index contributed by atoms with van der Waals surface area (Å²) in [6.45, 7) is 26.6. The molecule has 0 spiro atoms. The Kier molecular flexibility index (Phi) is 9.36. The molecule has 2 aliphatic carbocycles. The van der Waals surface area contributed by atoms with Crippen LogP contribution in [0.1, 0.15) is 115 Å². The number of carbonyl (C=O) groups excluding carboxylic acids is 2. The lowest BCUT2D eigenvalue weighted by atomic mass is 9.77. The minimum atomic E-state index is -0.396. The van der Waals surface area contributed by atoms with Gasteiger partial charge in [0.15, 0.2) is 0 Å². The van der Waals surface area contributed by atoms with Crippen molar-refractivity contribution < 1.29 is 9.59 Å². The molecule has 0 aromatic carbocycles. The van der Waals surface area contributed by atoms with Gasteiger partial charge < -0.3 is 9.80 Å². The van der Waals surface area contributed by atoms with Gasteiger partial charge in [0.05, 0.1) is 0 Å². The van der Waals surface area contributed by atoms with E-state index in [1.54, 1.807) is 0 Å². The first kappa shape index (κ1) is 29.2. The lowest BCUT2D eigenvalue weighted by Crippen LogP contribution is -2.50. The fourth-order valence-corrected chi connectivity index (χ4v) is 4.90. The lowest BCUT2D eigenvalue weighted by Gasteiger charge is -2.41. The lowest BCUT2D eigenvalue weighted by molar-refractivity contribution is -0.145. The third kappa shape index (κ3) is 8.55. The highest BCUT2D eigenvalue weighted by Gasteiger charge is 2.40. The summed E-state index contributed by atoms with van der Waals surface area (Å²) >= 11 is 0. The van der Waals surface area contributed by atoms with Crippen molar-refractivity contribution in [1.82, 2.24) is 9.80 Å². The summed E-state index contributed by atoms with van der Waals surface area (Å²) in [6.07, 6.45) is 6.82. The Labute approximate surface area is 211 Å². The Morgan fingerprint density at radius 3 is 1.71 bits per heavy atom. The van der Waals surface area contributed by atoms with E-state index in [0.717, 1.165) is 32.5 Å². The van der Waals surface area contributed by atoms with Gasteiger partial charge in [0.25, 0.3) is 0 Å². The molecule has 4 nitrogen and oxygen atoms in total. The van der Waals surface area contributed by atoms with E-state index >= 15 is 0 Å². The predicted octanol–water partition coefficient (Wildman–Crippen LogP) is 7.02. The third-order valence-electron chi connectivity index (χ3n) is 8.45. The molecule has 4 heteroatoms. The molecule has 2 aliphatic rings. The van der Waals surface area contributed by atoms with Crippen molar-refractivity contribution in [3.05, 3.63) is 0 Å². The quantitative estimate of drug-likeness (QED) is 0.286. The van der Waals surface area contributed by atoms with Crippen LogP contribution >= 0.6 is 0 Å². The third-order valence-corrected chi connectivity index (χ3v) is 8.45. The zero-order chi connectivity index (χ0) is 26.1. The van der Waals surface area contributed by atoms with E-state index in [9.17, 15) is 9.59 Å². The van der Waals surface area contributed by atoms with Gasteiger partial charge in [0, 0.05) is 36.5 Å². The van der Waals surface area contributed by atoms with Crippen LogP contribution in [0.2, 0.25) is 0 Å². The van der Waals surface area contributed by atoms with Gasteiger partial charge in [-0.15, -0.1) is 0 Å². The minimum absolute atomic E-state index is 0.0223. The highest BCUT2D eigenvalue weighted by molar-refractivity contribution is 5.82. The topological polar surface area (TPSA) is 40.6 Å². The Hall–Kier alpha value is -1.06. The number of amides is 2. The smallest absolute Gasteiger partial charge is 0.228 e. The summed E-state index contributed by atoms with van der Waals surface area (Å²) in [5, 5.41) is 0. The number of hydrogen-bond donors (Lipinski definition) is 0. The number of nitrogens with zero attached hydrogens (tertiary/aromatic N) is 2. The highest BCUT2D eigenvalue weighted by atomic mass is 16.2. The second-order valence-electron chi connectivity index (χ2n) is 14.7. The molecule has 0 aliphatic heterocycles. The van der Waals surface area contributed by atoms with Crippen molar-refractivity contribution in [3.8, 4) is 0 Å². The molecular weight excluding hydrogens is 420 g/mol. The van der Waals surface area contributed by atoms with E-state index in [-0.39, 0.29) is 22.8 Å². The highest BCUT2D eigenvalue weighted by Crippen LogP contribution is 2.38. The molecule has 34 heavy (non-hydrogen) atoms. The molecule has 0 unspecified atom stereocenters. The first-order valence-corrected chi connectivity index (χ1v) is 14.0. The number of hydrogen-bond acceptors (Lipinski definition) is 2. The Balaban J connectivity index is 2.07. The molecule has 2 fully saturated rings. The molecule has 0 N–H and O–H groups in total. The van der Waals surface area contributed by atoms with E-state index in [4.69, 9.17) is 0 Å². The summed E-state index contributed by atoms with van der Waals surface area (Å²) in [4.78, 5) is 31.4. The van der Waals surface area contributed by atoms with Gasteiger partial charge in [-0.2, -0.15) is 0 Å². The summed E-state index contributed by atoms with van der Waals surface area (Å²) < 4.78 is 0. The van der Waals surface area contributed by atoms with Crippen LogP contribution in [0.5, 0.6) is 0 Å². The Morgan fingerprint density at radius 2 is 1.26 bits per heavy atom. The second-order valence-corrected chi connectivity index (χ2v) is 14.7. The standard InChI is InChI=1S/C30H56N2O2/c1-21(2)22(3)23(4)32(19-25-14-15-25)27(34)30(10,11)17-16-29(8,9)20-31(18-24-12-13-24)26(33)28(5,6)7/h21-25H,12-20H2,1-11H3/t22-,23-/m0/s1. The van der Waals surface area contributed by atoms with Crippen LogP contribution in [0, 0.1) is 39.9 Å². The molecule has 2 rings (SSSR count). The van der Waals surface area contributed by atoms with E-state index < -0.39 is 5.41 Å². The molecule has 0 radical (unpaired) electrons. The maximum atomic E-state index is 13.9. The van der Waals surface area contributed by atoms with E-state index in [1.807, 2.05) is 20.8 Å². The average molecular weight is 477 g/mol. The molecule has 2 amide bonds. The molecular formula is C30H56N2O2. The summed E-state index contributed by atoms with van der Waals surface area (Å²) in [5.74, 6) is 2.99. The zero-order valence-corrected chi connectivity index (χ0v) is 24.5. The van der Waals surface area contributed by atoms with Gasteiger partial charge >= 0.3 is 0 Å². The Bertz CT molecular complexity index is 695. The Morgan fingerprint density at radius 1 is 0.765 bits per heavy atom. The SMILES string of the molecule is CC(C)[C@H](C)[C@H](C)N(CC1CC1)C(=O)C(C)(C)CCC(C)(C)CN(CC1CC1)C(=O)C(C)(C)C. The number of carbonyl (C=O) groups is 2. The zero-order valence-electron chi connectivity index (χ0n) is 24.5. The molecule has 0 aromatic rings. The minimum Gasteiger partial charge on any atom is -0.341 e. The van der Waals surface area contributed by atoms with Gasteiger partial charge in [-0.05, 0) is 74.5 Å². The summed E-state index contributed by atoms with van der Waals surface area (Å²) in [7, 11) is 0. The van der Waals surface area contributed by atoms with Crippen molar-refractivity contribution in [2.45, 2.75) is 121 Å². The predicted molar refractivity (Wildman–Crippen MR) is 143 cm³/mol. The van der Waals surface area contributed by atoms with Gasteiger partial charge in [-0.3, -0.25) is 9.59 Å². The maximum Gasteiger partial charge on any atom is 0.228 e. The van der Waals surface area contributed by atoms with Crippen LogP contribution in [-0.2, 0) is 9.59 Å². The first-order valence-electron chi connectivity index (χ1n) is 14.0. The van der Waals surface area contributed by atoms with Crippen molar-refractivity contribution in [1.29, 1.82) is 0 Å². The molecule has 0 bridgehead atoms. The summed E-state index contributed by atoms with van der Waals surface area (Å²) in [5.41, 5.74) is -0.773. The van der Waals surface area contributed by atoms with Crippen LogP contribution in [0.4, 0.5) is 0 Å². The second kappa shape index (κ2) is 10.9. The van der Waals surface area contributed by atoms with Crippen LogP contribution < -0.4 is 0 Å². The first-order chi connectivity index (χ1) is 15.4.